The van der Waals surface area contributed by atoms with Crippen molar-refractivity contribution in [3.05, 3.63) is 0 Å². The molecule has 0 bridgehead atoms. The highest BCUT2D eigenvalue weighted by Gasteiger charge is 2.13. The lowest BCUT2D eigenvalue weighted by Crippen LogP contribution is -2.33. The fraction of sp³-hybridized carbons (Fsp3) is 0.833. The molecule has 0 aliphatic rings. The molecule has 18 heavy (non-hydrogen) atoms. The molecule has 0 aliphatic heterocycles. The number of nitrogens with two attached hydrogens (primary N) is 2. The summed E-state index contributed by atoms with van der Waals surface area (Å²) in [6.07, 6.45) is 3.16. The lowest BCUT2D eigenvalue weighted by atomic mass is 10.2. The second kappa shape index (κ2) is 9.70. The van der Waals surface area contributed by atoms with Crippen LogP contribution in [0.1, 0.15) is 32.6 Å². The molecule has 0 spiro atoms. The number of esters is 1. The minimum Gasteiger partial charge on any atom is -0.465 e. The number of ether oxygens (including phenoxy) is 1. The third-order valence-corrected chi connectivity index (χ3v) is 2.45. The van der Waals surface area contributed by atoms with E-state index in [0.717, 1.165) is 19.3 Å². The summed E-state index contributed by atoms with van der Waals surface area (Å²) in [7, 11) is 3.66. The number of hydrogen-bond acceptors (Lipinski definition) is 4. The number of guanidine groups is 1. The summed E-state index contributed by atoms with van der Waals surface area (Å²) >= 11 is 0. The Bertz CT molecular complexity index is 267. The van der Waals surface area contributed by atoms with Crippen molar-refractivity contribution in [2.45, 2.75) is 38.6 Å². The number of carbonyl (C=O) groups excluding carboxylic acids is 1. The molecule has 0 aromatic rings. The van der Waals surface area contributed by atoms with Crippen LogP contribution in [0.15, 0.2) is 4.99 Å². The molecule has 0 unspecified atom stereocenters. The van der Waals surface area contributed by atoms with E-state index < -0.39 is 6.04 Å². The van der Waals surface area contributed by atoms with Crippen LogP contribution in [0.2, 0.25) is 0 Å². The molecule has 0 aliphatic carbocycles. The van der Waals surface area contributed by atoms with Gasteiger partial charge in [-0.25, -0.2) is 0 Å². The number of nitrogens with zero attached hydrogens (tertiary/aromatic N) is 2. The summed E-state index contributed by atoms with van der Waals surface area (Å²) < 4.78 is 5.03. The molecule has 0 fully saturated rings. The van der Waals surface area contributed by atoms with Gasteiger partial charge in [0.2, 0.25) is 0 Å². The van der Waals surface area contributed by atoms with Crippen molar-refractivity contribution in [3.63, 3.8) is 0 Å². The molecule has 0 saturated heterocycles. The average molecular weight is 258 g/mol. The fourth-order valence-corrected chi connectivity index (χ4v) is 1.19. The van der Waals surface area contributed by atoms with Gasteiger partial charge < -0.3 is 21.1 Å². The van der Waals surface area contributed by atoms with Gasteiger partial charge in [-0.2, -0.15) is 0 Å². The Morgan fingerprint density at radius 1 is 1.39 bits per heavy atom. The van der Waals surface area contributed by atoms with Gasteiger partial charge in [0.05, 0.1) is 6.61 Å². The molecular weight excluding hydrogens is 232 g/mol. The van der Waals surface area contributed by atoms with E-state index in [2.05, 4.69) is 4.99 Å². The molecule has 0 amide bonds. The van der Waals surface area contributed by atoms with Gasteiger partial charge in [0.1, 0.15) is 6.04 Å². The maximum absolute atomic E-state index is 11.4. The van der Waals surface area contributed by atoms with Gasteiger partial charge in [0, 0.05) is 20.6 Å². The van der Waals surface area contributed by atoms with Gasteiger partial charge in [-0.15, -0.1) is 0 Å². The van der Waals surface area contributed by atoms with Gasteiger partial charge in [-0.1, -0.05) is 13.3 Å². The highest BCUT2D eigenvalue weighted by atomic mass is 16.5. The molecule has 0 radical (unpaired) electrons. The minimum absolute atomic E-state index is 0.326. The SMILES string of the molecule is CCCCOC(=O)[C@@H](N)CCCN=C(N)N(C)C. The molecule has 6 nitrogen and oxygen atoms in total. The highest BCUT2D eigenvalue weighted by Crippen LogP contribution is 1.99. The summed E-state index contributed by atoms with van der Waals surface area (Å²) in [4.78, 5) is 17.3. The second-order valence-electron chi connectivity index (χ2n) is 4.40. The van der Waals surface area contributed by atoms with Crippen molar-refractivity contribution in [3.8, 4) is 0 Å². The van der Waals surface area contributed by atoms with E-state index in [-0.39, 0.29) is 5.97 Å². The number of rotatable bonds is 8. The molecule has 1 atom stereocenters. The Hall–Kier alpha value is -1.30. The van der Waals surface area contributed by atoms with E-state index in [9.17, 15) is 4.79 Å². The lowest BCUT2D eigenvalue weighted by molar-refractivity contribution is -0.145. The van der Waals surface area contributed by atoms with E-state index in [4.69, 9.17) is 16.2 Å². The first-order valence-corrected chi connectivity index (χ1v) is 6.38. The molecule has 0 aromatic heterocycles. The minimum atomic E-state index is -0.558. The first-order chi connectivity index (χ1) is 8.49. The van der Waals surface area contributed by atoms with Crippen molar-refractivity contribution >= 4 is 11.9 Å². The van der Waals surface area contributed by atoms with Gasteiger partial charge in [0.15, 0.2) is 5.96 Å². The van der Waals surface area contributed by atoms with Crippen LogP contribution in [-0.4, -0.2) is 50.1 Å². The standard InChI is InChI=1S/C12H26N4O2/c1-4-5-9-18-11(17)10(13)7-6-8-15-12(14)16(2)3/h10H,4-9,13H2,1-3H3,(H2,14,15)/t10-/m0/s1. The molecule has 0 heterocycles. The number of aliphatic imine (C=N–C) groups is 1. The Balaban J connectivity index is 3.73. The summed E-state index contributed by atoms with van der Waals surface area (Å²) in [6, 6.07) is -0.558. The van der Waals surface area contributed by atoms with Crippen molar-refractivity contribution in [1.82, 2.24) is 4.90 Å². The molecule has 6 heteroatoms. The fourth-order valence-electron chi connectivity index (χ4n) is 1.19. The normalized spacial score (nSPS) is 13.2. The van der Waals surface area contributed by atoms with Gasteiger partial charge >= 0.3 is 5.97 Å². The lowest BCUT2D eigenvalue weighted by Gasteiger charge is -2.12. The summed E-state index contributed by atoms with van der Waals surface area (Å²) in [6.45, 7) is 3.07. The monoisotopic (exact) mass is 258 g/mol. The third-order valence-electron chi connectivity index (χ3n) is 2.45. The van der Waals surface area contributed by atoms with Crippen LogP contribution in [0.3, 0.4) is 0 Å². The zero-order valence-corrected chi connectivity index (χ0v) is 11.7. The Kier molecular flexibility index (Phi) is 9.00. The predicted octanol–water partition coefficient (Wildman–Crippen LogP) is 0.314. The zero-order valence-electron chi connectivity index (χ0n) is 11.7. The van der Waals surface area contributed by atoms with Crippen LogP contribution in [-0.2, 0) is 9.53 Å². The van der Waals surface area contributed by atoms with Crippen molar-refractivity contribution in [2.75, 3.05) is 27.2 Å². The summed E-state index contributed by atoms with van der Waals surface area (Å²) in [5.74, 6) is 0.155. The molecule has 106 valence electrons. The zero-order chi connectivity index (χ0) is 14.0. The summed E-state index contributed by atoms with van der Waals surface area (Å²) in [5, 5.41) is 0. The van der Waals surface area contributed by atoms with Gasteiger partial charge in [0.25, 0.3) is 0 Å². The maximum atomic E-state index is 11.4. The smallest absolute Gasteiger partial charge is 0.322 e. The van der Waals surface area contributed by atoms with Gasteiger partial charge in [-0.3, -0.25) is 9.79 Å². The average Bonchev–Trinajstić information content (AvgIpc) is 2.33. The quantitative estimate of drug-likeness (QED) is 0.283. The van der Waals surface area contributed by atoms with E-state index >= 15 is 0 Å². The van der Waals surface area contributed by atoms with Crippen molar-refractivity contribution in [2.24, 2.45) is 16.5 Å². The Labute approximate surface area is 109 Å². The Morgan fingerprint density at radius 3 is 2.61 bits per heavy atom. The Morgan fingerprint density at radius 2 is 2.06 bits per heavy atom. The highest BCUT2D eigenvalue weighted by molar-refractivity contribution is 5.77. The number of hydrogen-bond donors (Lipinski definition) is 2. The van der Waals surface area contributed by atoms with Gasteiger partial charge in [-0.05, 0) is 19.3 Å². The number of carbonyl (C=O) groups is 1. The summed E-state index contributed by atoms with van der Waals surface area (Å²) in [5.41, 5.74) is 11.3. The maximum Gasteiger partial charge on any atom is 0.322 e. The van der Waals surface area contributed by atoms with Crippen LogP contribution >= 0.6 is 0 Å². The van der Waals surface area contributed by atoms with Crippen LogP contribution in [0.5, 0.6) is 0 Å². The van der Waals surface area contributed by atoms with Crippen LogP contribution in [0, 0.1) is 0 Å². The predicted molar refractivity (Wildman–Crippen MR) is 73.3 cm³/mol. The molecule has 0 aromatic carbocycles. The van der Waals surface area contributed by atoms with E-state index in [0.29, 0.717) is 25.5 Å². The third kappa shape index (κ3) is 7.89. The van der Waals surface area contributed by atoms with Crippen LogP contribution in [0.4, 0.5) is 0 Å². The first-order valence-electron chi connectivity index (χ1n) is 6.38. The van der Waals surface area contributed by atoms with E-state index in [1.807, 2.05) is 21.0 Å². The van der Waals surface area contributed by atoms with E-state index in [1.165, 1.54) is 0 Å². The van der Waals surface area contributed by atoms with E-state index in [1.54, 1.807) is 4.90 Å². The molecule has 0 saturated carbocycles. The second-order valence-corrected chi connectivity index (χ2v) is 4.40. The number of unbranched alkanes of at least 4 members (excludes halogenated alkanes) is 1. The van der Waals surface area contributed by atoms with Crippen molar-refractivity contribution < 1.29 is 9.53 Å². The largest absolute Gasteiger partial charge is 0.465 e. The molecule has 4 N–H and O–H groups in total. The molecular formula is C12H26N4O2. The topological polar surface area (TPSA) is 93.9 Å². The van der Waals surface area contributed by atoms with Crippen LogP contribution in [0.25, 0.3) is 0 Å². The first kappa shape index (κ1) is 16.7. The van der Waals surface area contributed by atoms with Crippen molar-refractivity contribution in [1.29, 1.82) is 0 Å². The molecule has 0 rings (SSSR count). The van der Waals surface area contributed by atoms with Crippen LogP contribution < -0.4 is 11.5 Å².